The predicted octanol–water partition coefficient (Wildman–Crippen LogP) is 2.65. The van der Waals surface area contributed by atoms with E-state index in [0.29, 0.717) is 24.4 Å². The number of aliphatic hydroxyl groups is 1. The molecule has 1 aromatic carbocycles. The average molecular weight is 460 g/mol. The van der Waals surface area contributed by atoms with E-state index < -0.39 is 27.6 Å². The molecule has 0 bridgehead atoms. The van der Waals surface area contributed by atoms with Crippen LogP contribution in [-0.2, 0) is 20.2 Å². The summed E-state index contributed by atoms with van der Waals surface area (Å²) in [7, 11) is -4.18. The summed E-state index contributed by atoms with van der Waals surface area (Å²) in [6, 6.07) is 10.4. The molecule has 1 amide bonds. The fourth-order valence-electron chi connectivity index (χ4n) is 3.55. The van der Waals surface area contributed by atoms with E-state index in [2.05, 4.69) is 21.9 Å². The van der Waals surface area contributed by atoms with Gasteiger partial charge in [-0.25, -0.2) is 9.71 Å². The standard InChI is InChI=1S/C23H29N3O5S/c1-15-7-8-17(22(3)9-10-22)18(13-15)31-23(11-12-23)21(28)26-32(29,30)20-6-4-5-19(25-20)24-14-16(2)27/h4-8,13,16,27H,9-12,14H2,1-3H3,(H,24,25)(H,26,28). The van der Waals surface area contributed by atoms with Gasteiger partial charge in [-0.2, -0.15) is 8.42 Å². The first-order chi connectivity index (χ1) is 15.0. The molecule has 1 aromatic heterocycles. The molecule has 0 radical (unpaired) electrons. The van der Waals surface area contributed by atoms with E-state index >= 15 is 0 Å². The fourth-order valence-corrected chi connectivity index (χ4v) is 4.56. The van der Waals surface area contributed by atoms with Crippen LogP contribution in [0.2, 0.25) is 0 Å². The molecule has 0 spiro atoms. The largest absolute Gasteiger partial charge is 0.477 e. The molecule has 1 unspecified atom stereocenters. The number of anilines is 1. The Hall–Kier alpha value is -2.65. The van der Waals surface area contributed by atoms with Gasteiger partial charge in [0, 0.05) is 24.9 Å². The van der Waals surface area contributed by atoms with Crippen molar-refractivity contribution in [3.8, 4) is 5.75 Å². The zero-order valence-corrected chi connectivity index (χ0v) is 19.3. The van der Waals surface area contributed by atoms with Gasteiger partial charge in [0.2, 0.25) is 0 Å². The van der Waals surface area contributed by atoms with Crippen molar-refractivity contribution in [1.29, 1.82) is 0 Å². The third kappa shape index (κ3) is 4.73. The van der Waals surface area contributed by atoms with E-state index in [1.165, 1.54) is 12.1 Å². The first kappa shape index (κ1) is 22.5. The Morgan fingerprint density at radius 2 is 1.94 bits per heavy atom. The number of carbonyl (C=O) groups excluding carboxylic acids is 1. The number of carbonyl (C=O) groups is 1. The maximum atomic E-state index is 13.0. The molecule has 4 rings (SSSR count). The summed E-state index contributed by atoms with van der Waals surface area (Å²) < 4.78 is 34.0. The van der Waals surface area contributed by atoms with Crippen LogP contribution in [0.25, 0.3) is 0 Å². The number of aromatic nitrogens is 1. The van der Waals surface area contributed by atoms with Crippen molar-refractivity contribution in [3.05, 3.63) is 47.5 Å². The molecule has 3 N–H and O–H groups in total. The maximum Gasteiger partial charge on any atom is 0.281 e. The molecule has 0 saturated heterocycles. The topological polar surface area (TPSA) is 118 Å². The molecular formula is C23H29N3O5S. The molecule has 172 valence electrons. The van der Waals surface area contributed by atoms with E-state index in [1.54, 1.807) is 13.0 Å². The van der Waals surface area contributed by atoms with Gasteiger partial charge in [-0.3, -0.25) is 4.79 Å². The number of aliphatic hydroxyl groups excluding tert-OH is 1. The van der Waals surface area contributed by atoms with E-state index in [4.69, 9.17) is 4.74 Å². The summed E-state index contributed by atoms with van der Waals surface area (Å²) in [5.74, 6) is 0.258. The Morgan fingerprint density at radius 3 is 2.56 bits per heavy atom. The van der Waals surface area contributed by atoms with Gasteiger partial charge in [0.05, 0.1) is 6.10 Å². The normalized spacial score (nSPS) is 19.0. The van der Waals surface area contributed by atoms with Crippen molar-refractivity contribution in [2.24, 2.45) is 0 Å². The fraction of sp³-hybridized carbons (Fsp3) is 0.478. The van der Waals surface area contributed by atoms with Crippen molar-refractivity contribution in [3.63, 3.8) is 0 Å². The van der Waals surface area contributed by atoms with Crippen LogP contribution in [0.1, 0.15) is 50.7 Å². The SMILES string of the molecule is Cc1ccc(C2(C)CC2)c(OC2(C(=O)NS(=O)(=O)c3cccc(NCC(C)O)n3)CC2)c1. The number of hydrogen-bond acceptors (Lipinski definition) is 7. The molecule has 9 heteroatoms. The number of rotatable bonds is 9. The number of nitrogens with one attached hydrogen (secondary N) is 2. The Kier molecular flexibility index (Phi) is 5.67. The van der Waals surface area contributed by atoms with E-state index in [0.717, 1.165) is 24.0 Å². The second-order valence-electron chi connectivity index (χ2n) is 9.18. The van der Waals surface area contributed by atoms with Crippen LogP contribution >= 0.6 is 0 Å². The molecule has 1 heterocycles. The summed E-state index contributed by atoms with van der Waals surface area (Å²) in [6.07, 6.45) is 2.40. The minimum absolute atomic E-state index is 0.0467. The van der Waals surface area contributed by atoms with Crippen LogP contribution in [0.5, 0.6) is 5.75 Å². The molecule has 2 aliphatic carbocycles. The lowest BCUT2D eigenvalue weighted by Gasteiger charge is -2.22. The van der Waals surface area contributed by atoms with Crippen LogP contribution < -0.4 is 14.8 Å². The van der Waals surface area contributed by atoms with Crippen molar-refractivity contribution in [2.45, 2.75) is 68.6 Å². The number of aryl methyl sites for hydroxylation is 1. The third-order valence-electron chi connectivity index (χ3n) is 6.02. The van der Waals surface area contributed by atoms with Crippen molar-refractivity contribution in [1.82, 2.24) is 9.71 Å². The third-order valence-corrected chi connectivity index (χ3v) is 7.25. The van der Waals surface area contributed by atoms with Crippen molar-refractivity contribution in [2.75, 3.05) is 11.9 Å². The highest BCUT2D eigenvalue weighted by molar-refractivity contribution is 7.90. The van der Waals surface area contributed by atoms with Gasteiger partial charge in [-0.05, 0) is 55.9 Å². The molecule has 0 aliphatic heterocycles. The summed E-state index contributed by atoms with van der Waals surface area (Å²) in [4.78, 5) is 17.0. The average Bonchev–Trinajstić information content (AvgIpc) is 3.65. The lowest BCUT2D eigenvalue weighted by atomic mass is 9.96. The zero-order valence-electron chi connectivity index (χ0n) is 18.5. The van der Waals surface area contributed by atoms with Crippen LogP contribution in [-0.4, -0.2) is 42.7 Å². The van der Waals surface area contributed by atoms with Crippen LogP contribution in [0.3, 0.4) is 0 Å². The minimum Gasteiger partial charge on any atom is -0.477 e. The molecule has 2 aliphatic rings. The van der Waals surface area contributed by atoms with Crippen LogP contribution in [0, 0.1) is 6.92 Å². The van der Waals surface area contributed by atoms with Gasteiger partial charge in [-0.15, -0.1) is 0 Å². The molecular weight excluding hydrogens is 430 g/mol. The van der Waals surface area contributed by atoms with Crippen molar-refractivity contribution >= 4 is 21.7 Å². The minimum atomic E-state index is -4.18. The number of amides is 1. The first-order valence-corrected chi connectivity index (χ1v) is 12.3. The van der Waals surface area contributed by atoms with Crippen LogP contribution in [0.15, 0.2) is 41.4 Å². The van der Waals surface area contributed by atoms with Gasteiger partial charge in [0.1, 0.15) is 11.6 Å². The number of sulfonamides is 1. The number of benzene rings is 1. The Labute approximate surface area is 188 Å². The second kappa shape index (κ2) is 8.04. The highest BCUT2D eigenvalue weighted by Crippen LogP contribution is 2.52. The summed E-state index contributed by atoms with van der Waals surface area (Å²) in [6.45, 7) is 5.95. The molecule has 8 nitrogen and oxygen atoms in total. The molecule has 1 atom stereocenters. The maximum absolute atomic E-state index is 13.0. The Bertz CT molecular complexity index is 1140. The molecule has 2 saturated carbocycles. The van der Waals surface area contributed by atoms with E-state index in [9.17, 15) is 18.3 Å². The monoisotopic (exact) mass is 459 g/mol. The van der Waals surface area contributed by atoms with E-state index in [-0.39, 0.29) is 17.0 Å². The smallest absolute Gasteiger partial charge is 0.281 e. The highest BCUT2D eigenvalue weighted by Gasteiger charge is 2.55. The summed E-state index contributed by atoms with van der Waals surface area (Å²) in [5, 5.41) is 12.0. The lowest BCUT2D eigenvalue weighted by Crippen LogP contribution is -2.43. The van der Waals surface area contributed by atoms with Gasteiger partial charge >= 0.3 is 0 Å². The number of hydrogen-bond donors (Lipinski definition) is 3. The second-order valence-corrected chi connectivity index (χ2v) is 10.8. The number of pyridine rings is 1. The molecule has 2 fully saturated rings. The van der Waals surface area contributed by atoms with Gasteiger partial charge < -0.3 is 15.2 Å². The highest BCUT2D eigenvalue weighted by atomic mass is 32.2. The Morgan fingerprint density at radius 1 is 1.22 bits per heavy atom. The lowest BCUT2D eigenvalue weighted by molar-refractivity contribution is -0.128. The Balaban J connectivity index is 1.51. The summed E-state index contributed by atoms with van der Waals surface area (Å²) >= 11 is 0. The molecule has 2 aromatic rings. The summed E-state index contributed by atoms with van der Waals surface area (Å²) in [5.41, 5.74) is 0.930. The molecule has 32 heavy (non-hydrogen) atoms. The zero-order chi connectivity index (χ0) is 23.1. The van der Waals surface area contributed by atoms with Gasteiger partial charge in [0.25, 0.3) is 15.9 Å². The van der Waals surface area contributed by atoms with E-state index in [1.807, 2.05) is 25.1 Å². The first-order valence-electron chi connectivity index (χ1n) is 10.8. The van der Waals surface area contributed by atoms with Gasteiger partial charge in [0.15, 0.2) is 10.6 Å². The predicted molar refractivity (Wildman–Crippen MR) is 120 cm³/mol. The quantitative estimate of drug-likeness (QED) is 0.528. The van der Waals surface area contributed by atoms with Gasteiger partial charge in [-0.1, -0.05) is 25.1 Å². The number of ether oxygens (including phenoxy) is 1. The van der Waals surface area contributed by atoms with Crippen molar-refractivity contribution < 1.29 is 23.1 Å². The van der Waals surface area contributed by atoms with Crippen LogP contribution in [0.4, 0.5) is 5.82 Å². The number of nitrogens with zero attached hydrogens (tertiary/aromatic N) is 1.